The molecule has 0 saturated heterocycles. The number of carbonyl (C=O) groups excluding carboxylic acids is 1. The molecule has 0 fully saturated rings. The highest BCUT2D eigenvalue weighted by Gasteiger charge is 2.15. The Kier molecular flexibility index (Phi) is 6.07. The predicted molar refractivity (Wildman–Crippen MR) is 123 cm³/mol. The zero-order valence-electron chi connectivity index (χ0n) is 16.5. The number of amides is 1. The summed E-state index contributed by atoms with van der Waals surface area (Å²) in [4.78, 5) is 20.2. The van der Waals surface area contributed by atoms with Gasteiger partial charge in [-0.15, -0.1) is 0 Å². The van der Waals surface area contributed by atoms with Gasteiger partial charge in [0.15, 0.2) is 0 Å². The second-order valence-electron chi connectivity index (χ2n) is 7.26. The number of carbonyl (C=O) groups is 1. The van der Waals surface area contributed by atoms with Crippen molar-refractivity contribution in [2.75, 3.05) is 0 Å². The van der Waals surface area contributed by atoms with Crippen molar-refractivity contribution in [3.63, 3.8) is 0 Å². The number of rotatable bonds is 6. The SMILES string of the molecule is C[C@H](NC(=O)CCc1cccc(-c2ccccc2)c1)c1nc2cc(Cl)c(Cl)cc2[nH]1. The molecule has 30 heavy (non-hydrogen) atoms. The fourth-order valence-electron chi connectivity index (χ4n) is 3.41. The first kappa shape index (κ1) is 20.5. The van der Waals surface area contributed by atoms with Gasteiger partial charge in [-0.25, -0.2) is 4.98 Å². The van der Waals surface area contributed by atoms with Gasteiger partial charge >= 0.3 is 0 Å². The number of fused-ring (bicyclic) bond motifs is 1. The second-order valence-corrected chi connectivity index (χ2v) is 8.08. The smallest absolute Gasteiger partial charge is 0.220 e. The van der Waals surface area contributed by atoms with Crippen LogP contribution in [0, 0.1) is 0 Å². The minimum atomic E-state index is -0.252. The number of hydrogen-bond acceptors (Lipinski definition) is 2. The number of aryl methyl sites for hydroxylation is 1. The molecule has 0 unspecified atom stereocenters. The van der Waals surface area contributed by atoms with Crippen LogP contribution >= 0.6 is 23.2 Å². The Bertz CT molecular complexity index is 1150. The Morgan fingerprint density at radius 1 is 1.00 bits per heavy atom. The summed E-state index contributed by atoms with van der Waals surface area (Å²) in [5.41, 5.74) is 4.97. The molecule has 0 bridgehead atoms. The highest BCUT2D eigenvalue weighted by molar-refractivity contribution is 6.42. The van der Waals surface area contributed by atoms with E-state index in [-0.39, 0.29) is 11.9 Å². The topological polar surface area (TPSA) is 57.8 Å². The van der Waals surface area contributed by atoms with Crippen molar-refractivity contribution in [3.05, 3.63) is 88.2 Å². The van der Waals surface area contributed by atoms with Crippen molar-refractivity contribution in [2.24, 2.45) is 0 Å². The Balaban J connectivity index is 1.38. The van der Waals surface area contributed by atoms with E-state index in [0.29, 0.717) is 28.7 Å². The second kappa shape index (κ2) is 8.90. The zero-order valence-corrected chi connectivity index (χ0v) is 18.0. The molecule has 0 spiro atoms. The number of benzene rings is 3. The Hall–Kier alpha value is -2.82. The quantitative estimate of drug-likeness (QED) is 0.369. The number of halogens is 2. The van der Waals surface area contributed by atoms with Crippen LogP contribution in [0.1, 0.15) is 30.8 Å². The molecule has 4 nitrogen and oxygen atoms in total. The van der Waals surface area contributed by atoms with Crippen LogP contribution in [0.2, 0.25) is 10.0 Å². The van der Waals surface area contributed by atoms with E-state index < -0.39 is 0 Å². The molecule has 0 aliphatic heterocycles. The van der Waals surface area contributed by atoms with Gasteiger partial charge in [-0.05, 0) is 42.2 Å². The van der Waals surface area contributed by atoms with Crippen LogP contribution in [0.5, 0.6) is 0 Å². The molecule has 0 saturated carbocycles. The standard InChI is InChI=1S/C24H21Cl2N3O/c1-15(24-28-21-13-19(25)20(26)14-22(21)29-24)27-23(30)11-10-16-6-5-9-18(12-16)17-7-3-2-4-8-17/h2-9,12-15H,10-11H2,1H3,(H,27,30)(H,28,29)/t15-/m0/s1. The molecule has 152 valence electrons. The maximum Gasteiger partial charge on any atom is 0.220 e. The van der Waals surface area contributed by atoms with Crippen molar-refractivity contribution in [3.8, 4) is 11.1 Å². The Morgan fingerprint density at radius 3 is 2.53 bits per heavy atom. The lowest BCUT2D eigenvalue weighted by atomic mass is 10.0. The molecule has 1 aromatic heterocycles. The van der Waals surface area contributed by atoms with Crippen molar-refractivity contribution in [1.29, 1.82) is 0 Å². The third-order valence-corrected chi connectivity index (χ3v) is 5.73. The number of H-pyrrole nitrogens is 1. The first-order valence-electron chi connectivity index (χ1n) is 9.78. The van der Waals surface area contributed by atoms with Gasteiger partial charge in [0.25, 0.3) is 0 Å². The lowest BCUT2D eigenvalue weighted by Gasteiger charge is -2.12. The Morgan fingerprint density at radius 2 is 1.73 bits per heavy atom. The van der Waals surface area contributed by atoms with Crippen LogP contribution in [0.25, 0.3) is 22.2 Å². The van der Waals surface area contributed by atoms with Gasteiger partial charge in [0.1, 0.15) is 5.82 Å². The first-order valence-corrected chi connectivity index (χ1v) is 10.5. The largest absolute Gasteiger partial charge is 0.346 e. The molecule has 1 atom stereocenters. The van der Waals surface area contributed by atoms with Crippen molar-refractivity contribution in [1.82, 2.24) is 15.3 Å². The van der Waals surface area contributed by atoms with E-state index in [1.54, 1.807) is 12.1 Å². The fourth-order valence-corrected chi connectivity index (χ4v) is 3.73. The molecule has 0 aliphatic rings. The summed E-state index contributed by atoms with van der Waals surface area (Å²) in [5.74, 6) is 0.645. The lowest BCUT2D eigenvalue weighted by Crippen LogP contribution is -2.27. The third-order valence-electron chi connectivity index (χ3n) is 5.00. The summed E-state index contributed by atoms with van der Waals surface area (Å²) in [7, 11) is 0. The normalized spacial score (nSPS) is 12.1. The van der Waals surface area contributed by atoms with Gasteiger partial charge in [0.05, 0.1) is 27.1 Å². The van der Waals surface area contributed by atoms with Gasteiger partial charge < -0.3 is 10.3 Å². The summed E-state index contributed by atoms with van der Waals surface area (Å²) in [5, 5.41) is 3.93. The predicted octanol–water partition coefficient (Wildman–Crippen LogP) is 6.35. The number of nitrogens with one attached hydrogen (secondary N) is 2. The maximum atomic E-state index is 12.5. The molecule has 1 amide bonds. The lowest BCUT2D eigenvalue weighted by molar-refractivity contribution is -0.121. The molecule has 2 N–H and O–H groups in total. The van der Waals surface area contributed by atoms with Crippen molar-refractivity contribution >= 4 is 40.1 Å². The molecular weight excluding hydrogens is 417 g/mol. The van der Waals surface area contributed by atoms with Crippen LogP contribution in [-0.2, 0) is 11.2 Å². The van der Waals surface area contributed by atoms with E-state index in [1.165, 1.54) is 5.56 Å². The van der Waals surface area contributed by atoms with Gasteiger partial charge in [0, 0.05) is 6.42 Å². The molecule has 0 aliphatic carbocycles. The number of imidazole rings is 1. The molecule has 4 aromatic rings. The molecule has 6 heteroatoms. The monoisotopic (exact) mass is 437 g/mol. The van der Waals surface area contributed by atoms with Crippen LogP contribution in [-0.4, -0.2) is 15.9 Å². The number of aromatic nitrogens is 2. The van der Waals surface area contributed by atoms with Crippen LogP contribution in [0.3, 0.4) is 0 Å². The van der Waals surface area contributed by atoms with Crippen LogP contribution in [0.15, 0.2) is 66.7 Å². The highest BCUT2D eigenvalue weighted by atomic mass is 35.5. The number of aromatic amines is 1. The summed E-state index contributed by atoms with van der Waals surface area (Å²) >= 11 is 12.1. The van der Waals surface area contributed by atoms with E-state index in [2.05, 4.69) is 45.6 Å². The maximum absolute atomic E-state index is 12.5. The average Bonchev–Trinajstić information content (AvgIpc) is 3.16. The van der Waals surface area contributed by atoms with E-state index in [9.17, 15) is 4.79 Å². The van der Waals surface area contributed by atoms with Crippen molar-refractivity contribution in [2.45, 2.75) is 25.8 Å². The summed E-state index contributed by atoms with van der Waals surface area (Å²) in [6.07, 6.45) is 1.07. The molecular formula is C24H21Cl2N3O. The first-order chi connectivity index (χ1) is 14.5. The number of nitrogens with zero attached hydrogens (tertiary/aromatic N) is 1. The molecule has 3 aromatic carbocycles. The minimum Gasteiger partial charge on any atom is -0.346 e. The van der Waals surface area contributed by atoms with E-state index in [4.69, 9.17) is 23.2 Å². The van der Waals surface area contributed by atoms with E-state index in [1.807, 2.05) is 31.2 Å². The fraction of sp³-hybridized carbons (Fsp3) is 0.167. The van der Waals surface area contributed by atoms with Crippen LogP contribution < -0.4 is 5.32 Å². The molecule has 1 heterocycles. The molecule has 4 rings (SSSR count). The summed E-state index contributed by atoms with van der Waals surface area (Å²) < 4.78 is 0. The average molecular weight is 438 g/mol. The highest BCUT2D eigenvalue weighted by Crippen LogP contribution is 2.27. The van der Waals surface area contributed by atoms with E-state index >= 15 is 0 Å². The van der Waals surface area contributed by atoms with Gasteiger partial charge in [-0.2, -0.15) is 0 Å². The van der Waals surface area contributed by atoms with Gasteiger partial charge in [-0.3, -0.25) is 4.79 Å². The van der Waals surface area contributed by atoms with Gasteiger partial charge in [0.2, 0.25) is 5.91 Å². The van der Waals surface area contributed by atoms with Gasteiger partial charge in [-0.1, -0.05) is 77.8 Å². The summed E-state index contributed by atoms with van der Waals surface area (Å²) in [6, 6.07) is 21.7. The zero-order chi connectivity index (χ0) is 21.1. The molecule has 0 radical (unpaired) electrons. The minimum absolute atomic E-state index is 0.0239. The number of hydrogen-bond donors (Lipinski definition) is 2. The Labute approximate surface area is 185 Å². The van der Waals surface area contributed by atoms with E-state index in [0.717, 1.165) is 22.2 Å². The van der Waals surface area contributed by atoms with Crippen molar-refractivity contribution < 1.29 is 4.79 Å². The summed E-state index contributed by atoms with van der Waals surface area (Å²) in [6.45, 7) is 1.90. The van der Waals surface area contributed by atoms with Crippen LogP contribution in [0.4, 0.5) is 0 Å². The third kappa shape index (κ3) is 4.66.